The Kier molecular flexibility index (Phi) is 4.02. The standard InChI is InChI=1S/C13H17NOS/c1-2-16-12-5-3-10(4-6-12)13(15)11-7-8-14-9-11/h3-6,11,14H,2,7-9H2,1H3. The summed E-state index contributed by atoms with van der Waals surface area (Å²) >= 11 is 1.80. The first kappa shape index (κ1) is 11.7. The molecule has 86 valence electrons. The molecule has 0 bridgehead atoms. The molecule has 0 saturated carbocycles. The number of carbonyl (C=O) groups is 1. The van der Waals surface area contributed by atoms with Gasteiger partial charge in [-0.15, -0.1) is 11.8 Å². The van der Waals surface area contributed by atoms with Crippen molar-refractivity contribution in [3.8, 4) is 0 Å². The molecule has 0 spiro atoms. The Bertz CT molecular complexity index is 355. The average molecular weight is 235 g/mol. The van der Waals surface area contributed by atoms with Crippen molar-refractivity contribution >= 4 is 17.5 Å². The van der Waals surface area contributed by atoms with E-state index < -0.39 is 0 Å². The number of thioether (sulfide) groups is 1. The summed E-state index contributed by atoms with van der Waals surface area (Å²) in [6.07, 6.45) is 0.976. The molecule has 2 rings (SSSR count). The Labute approximate surface area is 101 Å². The molecule has 0 aliphatic carbocycles. The highest BCUT2D eigenvalue weighted by Crippen LogP contribution is 2.20. The number of nitrogens with one attached hydrogen (secondary N) is 1. The molecule has 16 heavy (non-hydrogen) atoms. The van der Waals surface area contributed by atoms with Gasteiger partial charge in [0.25, 0.3) is 0 Å². The van der Waals surface area contributed by atoms with Gasteiger partial charge < -0.3 is 5.32 Å². The van der Waals surface area contributed by atoms with Gasteiger partial charge in [0.05, 0.1) is 0 Å². The molecular weight excluding hydrogens is 218 g/mol. The van der Waals surface area contributed by atoms with E-state index in [1.165, 1.54) is 4.90 Å². The summed E-state index contributed by atoms with van der Waals surface area (Å²) in [6, 6.07) is 8.00. The van der Waals surface area contributed by atoms with Gasteiger partial charge in [-0.1, -0.05) is 19.1 Å². The summed E-state index contributed by atoms with van der Waals surface area (Å²) in [5.41, 5.74) is 0.856. The van der Waals surface area contributed by atoms with Crippen LogP contribution in [0.25, 0.3) is 0 Å². The van der Waals surface area contributed by atoms with Crippen LogP contribution in [0.5, 0.6) is 0 Å². The van der Waals surface area contributed by atoms with Gasteiger partial charge in [-0.25, -0.2) is 0 Å². The van der Waals surface area contributed by atoms with Crippen LogP contribution in [0.1, 0.15) is 23.7 Å². The van der Waals surface area contributed by atoms with E-state index in [1.54, 1.807) is 11.8 Å². The van der Waals surface area contributed by atoms with Gasteiger partial charge in [-0.2, -0.15) is 0 Å². The fourth-order valence-electron chi connectivity index (χ4n) is 2.00. The Morgan fingerprint density at radius 1 is 1.44 bits per heavy atom. The van der Waals surface area contributed by atoms with Gasteiger partial charge in [-0.3, -0.25) is 4.79 Å². The maximum Gasteiger partial charge on any atom is 0.167 e. The number of Topliss-reactive ketones (excluding diaryl/α,β-unsaturated/α-hetero) is 1. The molecule has 1 unspecified atom stereocenters. The van der Waals surface area contributed by atoms with Crippen molar-refractivity contribution in [1.29, 1.82) is 0 Å². The molecule has 0 amide bonds. The molecule has 1 aliphatic rings. The molecule has 1 fully saturated rings. The molecule has 1 aromatic carbocycles. The van der Waals surface area contributed by atoms with Crippen LogP contribution in [-0.2, 0) is 0 Å². The van der Waals surface area contributed by atoms with Gasteiger partial charge in [0, 0.05) is 22.9 Å². The number of rotatable bonds is 4. The van der Waals surface area contributed by atoms with Crippen molar-refractivity contribution in [1.82, 2.24) is 5.32 Å². The highest BCUT2D eigenvalue weighted by molar-refractivity contribution is 7.99. The monoisotopic (exact) mass is 235 g/mol. The first-order chi connectivity index (χ1) is 7.81. The Morgan fingerprint density at radius 3 is 2.75 bits per heavy atom. The third-order valence-corrected chi connectivity index (χ3v) is 3.78. The summed E-state index contributed by atoms with van der Waals surface area (Å²) in [5.74, 6) is 1.54. The summed E-state index contributed by atoms with van der Waals surface area (Å²) < 4.78 is 0. The zero-order valence-corrected chi connectivity index (χ0v) is 10.3. The maximum absolute atomic E-state index is 12.1. The normalized spacial score (nSPS) is 19.9. The first-order valence-corrected chi connectivity index (χ1v) is 6.77. The lowest BCUT2D eigenvalue weighted by atomic mass is 9.97. The molecule has 0 aromatic heterocycles. The highest BCUT2D eigenvalue weighted by atomic mass is 32.2. The predicted molar refractivity (Wildman–Crippen MR) is 68.1 cm³/mol. The van der Waals surface area contributed by atoms with E-state index in [2.05, 4.69) is 12.2 Å². The number of hydrogen-bond donors (Lipinski definition) is 1. The first-order valence-electron chi connectivity index (χ1n) is 5.79. The van der Waals surface area contributed by atoms with Gasteiger partial charge in [0.2, 0.25) is 0 Å². The van der Waals surface area contributed by atoms with Crippen molar-refractivity contribution in [2.24, 2.45) is 5.92 Å². The molecule has 0 radical (unpaired) electrons. The van der Waals surface area contributed by atoms with Crippen LogP contribution in [0, 0.1) is 5.92 Å². The van der Waals surface area contributed by atoms with Crippen molar-refractivity contribution < 1.29 is 4.79 Å². The van der Waals surface area contributed by atoms with E-state index in [9.17, 15) is 4.79 Å². The highest BCUT2D eigenvalue weighted by Gasteiger charge is 2.23. The van der Waals surface area contributed by atoms with E-state index in [0.717, 1.165) is 30.8 Å². The largest absolute Gasteiger partial charge is 0.316 e. The van der Waals surface area contributed by atoms with E-state index in [4.69, 9.17) is 0 Å². The second kappa shape index (κ2) is 5.51. The van der Waals surface area contributed by atoms with Crippen LogP contribution < -0.4 is 5.32 Å². The zero-order chi connectivity index (χ0) is 11.4. The van der Waals surface area contributed by atoms with E-state index in [1.807, 2.05) is 24.3 Å². The lowest BCUT2D eigenvalue weighted by molar-refractivity contribution is 0.0930. The number of benzene rings is 1. The molecule has 1 heterocycles. The number of hydrogen-bond acceptors (Lipinski definition) is 3. The molecule has 1 aliphatic heterocycles. The fourth-order valence-corrected chi connectivity index (χ4v) is 2.66. The third-order valence-electron chi connectivity index (χ3n) is 2.88. The number of carbonyl (C=O) groups excluding carboxylic acids is 1. The smallest absolute Gasteiger partial charge is 0.167 e. The van der Waals surface area contributed by atoms with Gasteiger partial charge in [0.15, 0.2) is 5.78 Å². The third kappa shape index (κ3) is 2.66. The minimum absolute atomic E-state index is 0.185. The molecule has 1 atom stereocenters. The maximum atomic E-state index is 12.1. The van der Waals surface area contributed by atoms with Crippen molar-refractivity contribution in [3.05, 3.63) is 29.8 Å². The summed E-state index contributed by atoms with van der Waals surface area (Å²) in [4.78, 5) is 13.3. The van der Waals surface area contributed by atoms with E-state index in [0.29, 0.717) is 0 Å². The lowest BCUT2D eigenvalue weighted by Crippen LogP contribution is -2.17. The summed E-state index contributed by atoms with van der Waals surface area (Å²) in [7, 11) is 0. The van der Waals surface area contributed by atoms with E-state index in [-0.39, 0.29) is 11.7 Å². The SMILES string of the molecule is CCSc1ccc(C(=O)C2CCNC2)cc1. The second-order valence-electron chi connectivity index (χ2n) is 4.01. The quantitative estimate of drug-likeness (QED) is 0.642. The minimum atomic E-state index is 0.185. The Hall–Kier alpha value is -0.800. The number of ketones is 1. The summed E-state index contributed by atoms with van der Waals surface area (Å²) in [6.45, 7) is 3.94. The Morgan fingerprint density at radius 2 is 2.19 bits per heavy atom. The van der Waals surface area contributed by atoms with Crippen LogP contribution >= 0.6 is 11.8 Å². The van der Waals surface area contributed by atoms with Crippen LogP contribution in [0.3, 0.4) is 0 Å². The molecule has 3 heteroatoms. The van der Waals surface area contributed by atoms with Gasteiger partial charge >= 0.3 is 0 Å². The van der Waals surface area contributed by atoms with Crippen LogP contribution in [0.2, 0.25) is 0 Å². The minimum Gasteiger partial charge on any atom is -0.316 e. The topological polar surface area (TPSA) is 29.1 Å². The molecular formula is C13H17NOS. The van der Waals surface area contributed by atoms with Crippen molar-refractivity contribution in [2.75, 3.05) is 18.8 Å². The van der Waals surface area contributed by atoms with E-state index >= 15 is 0 Å². The zero-order valence-electron chi connectivity index (χ0n) is 9.53. The van der Waals surface area contributed by atoms with Crippen molar-refractivity contribution in [3.63, 3.8) is 0 Å². The van der Waals surface area contributed by atoms with Crippen LogP contribution in [0.4, 0.5) is 0 Å². The molecule has 1 N–H and O–H groups in total. The Balaban J connectivity index is 2.05. The van der Waals surface area contributed by atoms with Crippen LogP contribution in [0.15, 0.2) is 29.2 Å². The average Bonchev–Trinajstić information content (AvgIpc) is 2.83. The second-order valence-corrected chi connectivity index (χ2v) is 5.35. The van der Waals surface area contributed by atoms with Crippen LogP contribution in [-0.4, -0.2) is 24.6 Å². The lowest BCUT2D eigenvalue weighted by Gasteiger charge is -2.07. The van der Waals surface area contributed by atoms with Gasteiger partial charge in [-0.05, 0) is 30.9 Å². The molecule has 1 aromatic rings. The summed E-state index contributed by atoms with van der Waals surface area (Å²) in [5, 5.41) is 3.23. The fraction of sp³-hybridized carbons (Fsp3) is 0.462. The predicted octanol–water partition coefficient (Wildman–Crippen LogP) is 2.59. The molecule has 2 nitrogen and oxygen atoms in total. The van der Waals surface area contributed by atoms with Gasteiger partial charge in [0.1, 0.15) is 0 Å². The molecule has 1 saturated heterocycles. The van der Waals surface area contributed by atoms with Crippen molar-refractivity contribution in [2.45, 2.75) is 18.2 Å².